The Morgan fingerprint density at radius 2 is 1.88 bits per heavy atom. The van der Waals surface area contributed by atoms with E-state index in [1.165, 1.54) is 0 Å². The summed E-state index contributed by atoms with van der Waals surface area (Å²) in [6, 6.07) is 8.37. The summed E-state index contributed by atoms with van der Waals surface area (Å²) in [5.74, 6) is 0.578. The molecule has 2 aromatic rings. The van der Waals surface area contributed by atoms with Crippen molar-refractivity contribution in [3.8, 4) is 23.0 Å². The van der Waals surface area contributed by atoms with Gasteiger partial charge >= 0.3 is 5.97 Å². The molecule has 2 aliphatic heterocycles. The van der Waals surface area contributed by atoms with E-state index in [4.69, 9.17) is 18.9 Å². The molecule has 0 spiro atoms. The molecule has 218 valence electrons. The second-order valence-corrected chi connectivity index (χ2v) is 11.1. The van der Waals surface area contributed by atoms with Gasteiger partial charge in [-0.3, -0.25) is 4.79 Å². The highest BCUT2D eigenvalue weighted by atomic mass is 16.6. The number of phenols is 1. The maximum atomic E-state index is 13.0. The normalized spacial score (nSPS) is 21.8. The number of benzene rings is 2. The molecule has 2 aromatic carbocycles. The molecular weight excluding hydrogens is 528 g/mol. The van der Waals surface area contributed by atoms with E-state index in [1.54, 1.807) is 57.2 Å². The molecule has 3 aliphatic rings. The second kappa shape index (κ2) is 11.6. The molecule has 2 heterocycles. The second-order valence-electron chi connectivity index (χ2n) is 11.1. The Hall–Kier alpha value is -3.82. The van der Waals surface area contributed by atoms with Crippen molar-refractivity contribution in [1.29, 1.82) is 0 Å². The van der Waals surface area contributed by atoms with Gasteiger partial charge < -0.3 is 34.3 Å². The third-order valence-corrected chi connectivity index (χ3v) is 7.73. The van der Waals surface area contributed by atoms with Gasteiger partial charge in [-0.25, -0.2) is 4.79 Å². The van der Waals surface area contributed by atoms with E-state index in [1.807, 2.05) is 0 Å². The maximum absolute atomic E-state index is 13.0. The Labute approximate surface area is 239 Å². The number of esters is 1. The van der Waals surface area contributed by atoms with Gasteiger partial charge in [0.1, 0.15) is 34.9 Å². The summed E-state index contributed by atoms with van der Waals surface area (Å²) >= 11 is 0. The first-order valence-electron chi connectivity index (χ1n) is 14.0. The van der Waals surface area contributed by atoms with E-state index in [0.717, 1.165) is 22.3 Å². The molecule has 0 aromatic heterocycles. The number of phenolic OH excluding ortho intramolecular Hbond substituents is 1. The van der Waals surface area contributed by atoms with Crippen LogP contribution in [0.2, 0.25) is 0 Å². The number of carbonyl (C=O) groups excluding carboxylic acids is 2. The fourth-order valence-corrected chi connectivity index (χ4v) is 5.56. The molecule has 0 bridgehead atoms. The molecule has 2 atom stereocenters. The van der Waals surface area contributed by atoms with Crippen LogP contribution in [0.3, 0.4) is 0 Å². The molecule has 0 radical (unpaired) electrons. The molecular formula is C32H36O9. The molecule has 1 saturated carbocycles. The quantitative estimate of drug-likeness (QED) is 0.316. The van der Waals surface area contributed by atoms with Gasteiger partial charge in [0.2, 0.25) is 5.76 Å². The Bertz CT molecular complexity index is 1400. The van der Waals surface area contributed by atoms with Crippen molar-refractivity contribution in [2.45, 2.75) is 70.5 Å². The van der Waals surface area contributed by atoms with E-state index < -0.39 is 23.6 Å². The minimum atomic E-state index is -1.13. The topological polar surface area (TPSA) is 132 Å². The van der Waals surface area contributed by atoms with Crippen molar-refractivity contribution in [3.63, 3.8) is 0 Å². The SMILES string of the molecule is CCOC(=O)C1=CC(=C2CCC(=O)C(c3ccc(O)cc3)C2)c2c(cc3c(c2OCCCO)CC(C(C)(C)O)O3)O1. The number of carbonyl (C=O) groups is 2. The van der Waals surface area contributed by atoms with Crippen molar-refractivity contribution in [3.05, 3.63) is 64.4 Å². The van der Waals surface area contributed by atoms with Gasteiger partial charge in [-0.15, -0.1) is 0 Å². The van der Waals surface area contributed by atoms with E-state index in [-0.39, 0.29) is 37.1 Å². The van der Waals surface area contributed by atoms with Crippen LogP contribution in [0.1, 0.15) is 69.1 Å². The summed E-state index contributed by atoms with van der Waals surface area (Å²) in [6.07, 6.45) is 3.16. The van der Waals surface area contributed by atoms with Crippen LogP contribution in [0.15, 0.2) is 47.7 Å². The first kappa shape index (κ1) is 28.7. The van der Waals surface area contributed by atoms with Crippen LogP contribution in [0.4, 0.5) is 0 Å². The Kier molecular flexibility index (Phi) is 8.11. The largest absolute Gasteiger partial charge is 0.508 e. The molecule has 3 N–H and O–H groups in total. The number of ether oxygens (including phenoxy) is 4. The Morgan fingerprint density at radius 1 is 1.12 bits per heavy atom. The van der Waals surface area contributed by atoms with Crippen LogP contribution in [0.25, 0.3) is 5.57 Å². The number of aromatic hydroxyl groups is 1. The molecule has 2 unspecified atom stereocenters. The fourth-order valence-electron chi connectivity index (χ4n) is 5.56. The van der Waals surface area contributed by atoms with Crippen molar-refractivity contribution >= 4 is 17.3 Å². The highest BCUT2D eigenvalue weighted by molar-refractivity contribution is 5.98. The predicted molar refractivity (Wildman–Crippen MR) is 150 cm³/mol. The average Bonchev–Trinajstić information content (AvgIpc) is 3.38. The van der Waals surface area contributed by atoms with Gasteiger partial charge in [-0.1, -0.05) is 17.7 Å². The lowest BCUT2D eigenvalue weighted by atomic mass is 9.77. The summed E-state index contributed by atoms with van der Waals surface area (Å²) in [5, 5.41) is 29.9. The van der Waals surface area contributed by atoms with Crippen LogP contribution in [0, 0.1) is 0 Å². The van der Waals surface area contributed by atoms with Gasteiger partial charge in [0.15, 0.2) is 0 Å². The summed E-state index contributed by atoms with van der Waals surface area (Å²) in [4.78, 5) is 25.9. The molecule has 0 amide bonds. The first-order valence-corrected chi connectivity index (χ1v) is 14.0. The van der Waals surface area contributed by atoms with E-state index >= 15 is 0 Å². The molecule has 5 rings (SSSR count). The number of Topliss-reactive ketones (excluding diaryl/α,β-unsaturated/α-hetero) is 1. The standard InChI is InChI=1S/C32H36O9/c1-4-38-31(36)27-15-22(19-8-11-24(35)21(14-19)18-6-9-20(34)10-7-18)29-26(40-27)17-25-23(30(29)39-13-5-12-33)16-28(41-25)32(2,3)37/h6-7,9-10,15,17,21,28,33-34,37H,4-5,8,11-14,16H2,1-3H3. The van der Waals surface area contributed by atoms with Crippen molar-refractivity contribution in [1.82, 2.24) is 0 Å². The monoisotopic (exact) mass is 564 g/mol. The lowest BCUT2D eigenvalue weighted by Gasteiger charge is -2.29. The van der Waals surface area contributed by atoms with E-state index in [9.17, 15) is 24.9 Å². The summed E-state index contributed by atoms with van der Waals surface area (Å²) in [5.41, 5.74) is 2.77. The minimum absolute atomic E-state index is 0.0122. The fraction of sp³-hybridized carbons (Fsp3) is 0.438. The zero-order chi connectivity index (χ0) is 29.3. The van der Waals surface area contributed by atoms with Crippen LogP contribution in [-0.4, -0.2) is 58.6 Å². The van der Waals surface area contributed by atoms with Crippen LogP contribution < -0.4 is 14.2 Å². The average molecular weight is 565 g/mol. The van der Waals surface area contributed by atoms with Crippen LogP contribution >= 0.6 is 0 Å². The maximum Gasteiger partial charge on any atom is 0.374 e. The molecule has 41 heavy (non-hydrogen) atoms. The minimum Gasteiger partial charge on any atom is -0.508 e. The number of ketones is 1. The smallest absolute Gasteiger partial charge is 0.374 e. The van der Waals surface area contributed by atoms with Gasteiger partial charge in [0, 0.05) is 43.4 Å². The summed E-state index contributed by atoms with van der Waals surface area (Å²) < 4.78 is 23.8. The zero-order valence-electron chi connectivity index (χ0n) is 23.6. The number of hydrogen-bond donors (Lipinski definition) is 3. The molecule has 0 saturated heterocycles. The van der Waals surface area contributed by atoms with Crippen molar-refractivity contribution in [2.75, 3.05) is 19.8 Å². The van der Waals surface area contributed by atoms with Gasteiger partial charge in [0.05, 0.1) is 24.4 Å². The van der Waals surface area contributed by atoms with Gasteiger partial charge in [-0.2, -0.15) is 0 Å². The third kappa shape index (κ3) is 5.83. The Balaban J connectivity index is 1.67. The highest BCUT2D eigenvalue weighted by Crippen LogP contribution is 2.52. The van der Waals surface area contributed by atoms with Crippen molar-refractivity contribution < 1.29 is 43.9 Å². The third-order valence-electron chi connectivity index (χ3n) is 7.73. The Morgan fingerprint density at radius 3 is 2.56 bits per heavy atom. The molecule has 9 nitrogen and oxygen atoms in total. The van der Waals surface area contributed by atoms with Crippen LogP contribution in [0.5, 0.6) is 23.0 Å². The van der Waals surface area contributed by atoms with Crippen molar-refractivity contribution in [2.24, 2.45) is 0 Å². The summed E-state index contributed by atoms with van der Waals surface area (Å²) in [6.45, 7) is 5.44. The van der Waals surface area contributed by atoms with Gasteiger partial charge in [0.25, 0.3) is 0 Å². The number of fused-ring (bicyclic) bond motifs is 2. The lowest BCUT2D eigenvalue weighted by Crippen LogP contribution is -2.39. The first-order chi connectivity index (χ1) is 19.6. The lowest BCUT2D eigenvalue weighted by molar-refractivity contribution is -0.141. The summed E-state index contributed by atoms with van der Waals surface area (Å²) in [7, 11) is 0. The number of aliphatic hydroxyl groups is 2. The van der Waals surface area contributed by atoms with Gasteiger partial charge in [-0.05, 0) is 63.0 Å². The number of allylic oxidation sites excluding steroid dienone is 3. The number of rotatable bonds is 8. The molecule has 1 fully saturated rings. The van der Waals surface area contributed by atoms with E-state index in [0.29, 0.717) is 54.9 Å². The zero-order valence-corrected chi connectivity index (χ0v) is 23.6. The molecule has 9 heteroatoms. The van der Waals surface area contributed by atoms with Crippen LogP contribution in [-0.2, 0) is 20.7 Å². The highest BCUT2D eigenvalue weighted by Gasteiger charge is 2.40. The predicted octanol–water partition coefficient (Wildman–Crippen LogP) is 4.36. The molecule has 1 aliphatic carbocycles. The number of aliphatic hydroxyl groups excluding tert-OH is 1. The number of hydrogen-bond acceptors (Lipinski definition) is 9. The van der Waals surface area contributed by atoms with E-state index in [2.05, 4.69) is 0 Å².